The van der Waals surface area contributed by atoms with Crippen LogP contribution in [0.25, 0.3) is 11.3 Å². The number of carbonyl (C=O) groups excluding carboxylic acids is 1. The number of benzene rings is 2. The molecule has 3 heterocycles. The summed E-state index contributed by atoms with van der Waals surface area (Å²) in [6.45, 7) is 4.00. The summed E-state index contributed by atoms with van der Waals surface area (Å²) in [5.41, 5.74) is 4.28. The van der Waals surface area contributed by atoms with Gasteiger partial charge in [-0.25, -0.2) is 9.18 Å². The van der Waals surface area contributed by atoms with Gasteiger partial charge in [-0.2, -0.15) is 5.10 Å². The van der Waals surface area contributed by atoms with Crippen LogP contribution in [0.2, 0.25) is 0 Å². The maximum atomic E-state index is 14.5. The van der Waals surface area contributed by atoms with Crippen LogP contribution in [-0.2, 0) is 0 Å². The van der Waals surface area contributed by atoms with Gasteiger partial charge < -0.3 is 20.3 Å². The third kappa shape index (κ3) is 5.40. The number of ether oxygens (including phenoxy) is 1. The number of H-pyrrole nitrogens is 1. The van der Waals surface area contributed by atoms with Crippen LogP contribution >= 0.6 is 0 Å². The van der Waals surface area contributed by atoms with E-state index < -0.39 is 11.8 Å². The number of hydrogen-bond acceptors (Lipinski definition) is 5. The van der Waals surface area contributed by atoms with Gasteiger partial charge in [-0.1, -0.05) is 0 Å². The van der Waals surface area contributed by atoms with Gasteiger partial charge >= 0.3 is 6.03 Å². The Labute approximate surface area is 202 Å². The van der Waals surface area contributed by atoms with Crippen molar-refractivity contribution in [1.29, 1.82) is 0 Å². The number of urea groups is 1. The molecule has 2 aromatic heterocycles. The fraction of sp³-hybridized carbons (Fsp3) is 0.192. The summed E-state index contributed by atoms with van der Waals surface area (Å²) >= 11 is 0. The fourth-order valence-corrected chi connectivity index (χ4v) is 4.10. The van der Waals surface area contributed by atoms with E-state index in [1.54, 1.807) is 30.7 Å². The average Bonchev–Trinajstić information content (AvgIpc) is 3.56. The van der Waals surface area contributed by atoms with Crippen molar-refractivity contribution in [2.45, 2.75) is 19.8 Å². The molecule has 178 valence electrons. The summed E-state index contributed by atoms with van der Waals surface area (Å²) in [7, 11) is 0. The molecule has 2 aromatic carbocycles. The summed E-state index contributed by atoms with van der Waals surface area (Å²) in [6, 6.07) is 13.0. The molecule has 8 nitrogen and oxygen atoms in total. The minimum atomic E-state index is -0.566. The van der Waals surface area contributed by atoms with E-state index in [0.29, 0.717) is 22.9 Å². The number of anilines is 3. The second-order valence-electron chi connectivity index (χ2n) is 8.44. The van der Waals surface area contributed by atoms with Crippen molar-refractivity contribution in [2.75, 3.05) is 28.6 Å². The van der Waals surface area contributed by atoms with E-state index >= 15 is 0 Å². The zero-order valence-electron chi connectivity index (χ0n) is 19.2. The van der Waals surface area contributed by atoms with E-state index in [-0.39, 0.29) is 5.69 Å². The highest BCUT2D eigenvalue weighted by atomic mass is 19.1. The highest BCUT2D eigenvalue weighted by Gasteiger charge is 2.15. The first kappa shape index (κ1) is 22.4. The molecule has 5 rings (SSSR count). The Morgan fingerprint density at radius 3 is 2.69 bits per heavy atom. The lowest BCUT2D eigenvalue weighted by Crippen LogP contribution is -2.21. The molecular formula is C26H25FN6O2. The molecule has 2 amide bonds. The minimum Gasteiger partial charge on any atom is -0.457 e. The number of pyridine rings is 1. The number of aryl methyl sites for hydroxylation is 1. The van der Waals surface area contributed by atoms with Crippen LogP contribution in [0.5, 0.6) is 11.5 Å². The van der Waals surface area contributed by atoms with Gasteiger partial charge in [-0.15, -0.1) is 0 Å². The Kier molecular flexibility index (Phi) is 6.30. The second-order valence-corrected chi connectivity index (χ2v) is 8.44. The largest absolute Gasteiger partial charge is 0.457 e. The molecule has 4 aromatic rings. The van der Waals surface area contributed by atoms with Crippen LogP contribution in [0.3, 0.4) is 0 Å². The van der Waals surface area contributed by atoms with E-state index in [9.17, 15) is 9.18 Å². The Balaban J connectivity index is 1.28. The quantitative estimate of drug-likeness (QED) is 0.322. The number of hydrogen-bond donors (Lipinski definition) is 3. The first-order valence-electron chi connectivity index (χ1n) is 11.4. The number of carbonyl (C=O) groups is 1. The zero-order chi connectivity index (χ0) is 24.2. The number of nitrogens with zero attached hydrogens (tertiary/aromatic N) is 3. The lowest BCUT2D eigenvalue weighted by atomic mass is 10.2. The third-order valence-electron chi connectivity index (χ3n) is 5.74. The molecule has 3 N–H and O–H groups in total. The standard InChI is InChI=1S/C26H25FN6O2/c1-17-10-19(12-20(11-17)33-8-2-3-9-33)31-26(34)32-25-14-21(4-5-23(25)27)35-22-6-7-28-24(13-22)18-15-29-30-16-18/h4-7,10-16H,2-3,8-9H2,1H3,(H,29,30)(H2,31,32,34). The lowest BCUT2D eigenvalue weighted by molar-refractivity contribution is 0.262. The fourth-order valence-electron chi connectivity index (χ4n) is 4.10. The predicted molar refractivity (Wildman–Crippen MR) is 134 cm³/mol. The molecule has 0 spiro atoms. The molecule has 0 radical (unpaired) electrons. The molecule has 0 atom stereocenters. The number of rotatable bonds is 6. The van der Waals surface area contributed by atoms with E-state index in [4.69, 9.17) is 4.74 Å². The number of aromatic amines is 1. The van der Waals surface area contributed by atoms with Gasteiger partial charge in [-0.05, 0) is 61.7 Å². The van der Waals surface area contributed by atoms with E-state index in [2.05, 4.69) is 36.8 Å². The molecule has 1 fully saturated rings. The molecule has 35 heavy (non-hydrogen) atoms. The van der Waals surface area contributed by atoms with Gasteiger partial charge in [-0.3, -0.25) is 10.1 Å². The van der Waals surface area contributed by atoms with Crippen LogP contribution in [0.4, 0.5) is 26.2 Å². The number of amides is 2. The summed E-state index contributed by atoms with van der Waals surface area (Å²) in [6.07, 6.45) is 7.34. The second kappa shape index (κ2) is 9.84. The van der Waals surface area contributed by atoms with Gasteiger partial charge in [0.15, 0.2) is 0 Å². The van der Waals surface area contributed by atoms with Crippen molar-refractivity contribution >= 4 is 23.1 Å². The first-order chi connectivity index (χ1) is 17.0. The molecule has 9 heteroatoms. The maximum Gasteiger partial charge on any atom is 0.323 e. The number of halogens is 1. The van der Waals surface area contributed by atoms with Crippen molar-refractivity contribution in [1.82, 2.24) is 15.2 Å². The van der Waals surface area contributed by atoms with Crippen LogP contribution < -0.4 is 20.3 Å². The highest BCUT2D eigenvalue weighted by molar-refractivity contribution is 6.00. The van der Waals surface area contributed by atoms with Crippen molar-refractivity contribution in [3.8, 4) is 22.8 Å². The smallest absolute Gasteiger partial charge is 0.323 e. The molecule has 0 aliphatic carbocycles. The van der Waals surface area contributed by atoms with Crippen LogP contribution in [0, 0.1) is 12.7 Å². The van der Waals surface area contributed by atoms with Gasteiger partial charge in [0.1, 0.15) is 17.3 Å². The first-order valence-corrected chi connectivity index (χ1v) is 11.4. The van der Waals surface area contributed by atoms with Crippen molar-refractivity contribution < 1.29 is 13.9 Å². The molecule has 1 saturated heterocycles. The molecule has 0 bridgehead atoms. The van der Waals surface area contributed by atoms with Crippen molar-refractivity contribution in [3.05, 3.63) is 78.5 Å². The van der Waals surface area contributed by atoms with E-state index in [0.717, 1.165) is 29.9 Å². The minimum absolute atomic E-state index is 0.0107. The SMILES string of the molecule is Cc1cc(NC(=O)Nc2cc(Oc3ccnc(-c4cn[nH]c4)c3)ccc2F)cc(N2CCCC2)c1. The Morgan fingerprint density at radius 1 is 1.06 bits per heavy atom. The van der Waals surface area contributed by atoms with Crippen LogP contribution in [0.15, 0.2) is 67.1 Å². The Bertz CT molecular complexity index is 1340. The van der Waals surface area contributed by atoms with Gasteiger partial charge in [0.2, 0.25) is 0 Å². The van der Waals surface area contributed by atoms with Gasteiger partial charge in [0.05, 0.1) is 17.6 Å². The van der Waals surface area contributed by atoms with E-state index in [1.165, 1.54) is 31.0 Å². The van der Waals surface area contributed by atoms with Crippen LogP contribution in [-0.4, -0.2) is 34.3 Å². The number of nitrogens with one attached hydrogen (secondary N) is 3. The predicted octanol–water partition coefficient (Wildman–Crippen LogP) is 5.96. The maximum absolute atomic E-state index is 14.5. The van der Waals surface area contributed by atoms with Gasteiger partial charge in [0, 0.05) is 54.6 Å². The zero-order valence-corrected chi connectivity index (χ0v) is 19.2. The molecule has 1 aliphatic rings. The normalized spacial score (nSPS) is 13.0. The Hall–Kier alpha value is -4.40. The summed E-state index contributed by atoms with van der Waals surface area (Å²) in [5, 5.41) is 12.1. The van der Waals surface area contributed by atoms with Gasteiger partial charge in [0.25, 0.3) is 0 Å². The number of aromatic nitrogens is 3. The summed E-state index contributed by atoms with van der Waals surface area (Å²) < 4.78 is 20.4. The molecule has 1 aliphatic heterocycles. The topological polar surface area (TPSA) is 95.2 Å². The average molecular weight is 473 g/mol. The summed E-state index contributed by atoms with van der Waals surface area (Å²) in [5.74, 6) is 0.327. The van der Waals surface area contributed by atoms with E-state index in [1.807, 2.05) is 19.1 Å². The van der Waals surface area contributed by atoms with Crippen LogP contribution in [0.1, 0.15) is 18.4 Å². The molecule has 0 saturated carbocycles. The van der Waals surface area contributed by atoms with Crippen molar-refractivity contribution in [2.24, 2.45) is 0 Å². The summed E-state index contributed by atoms with van der Waals surface area (Å²) in [4.78, 5) is 19.3. The lowest BCUT2D eigenvalue weighted by Gasteiger charge is -2.19. The molecular weight excluding hydrogens is 447 g/mol. The highest BCUT2D eigenvalue weighted by Crippen LogP contribution is 2.29. The van der Waals surface area contributed by atoms with Crippen molar-refractivity contribution in [3.63, 3.8) is 0 Å². The third-order valence-corrected chi connectivity index (χ3v) is 5.74. The Morgan fingerprint density at radius 2 is 1.89 bits per heavy atom. The molecule has 0 unspecified atom stereocenters. The monoisotopic (exact) mass is 472 g/mol.